The van der Waals surface area contributed by atoms with Gasteiger partial charge in [0, 0.05) is 17.7 Å². The van der Waals surface area contributed by atoms with E-state index in [4.69, 9.17) is 5.41 Å². The Kier molecular flexibility index (Phi) is 3.96. The monoisotopic (exact) mass is 343 g/mol. The topological polar surface area (TPSA) is 113 Å². The molecule has 0 spiro atoms. The molecule has 2 atom stereocenters. The van der Waals surface area contributed by atoms with Crippen LogP contribution in [0.25, 0.3) is 0 Å². The lowest BCUT2D eigenvalue weighted by Gasteiger charge is -2.44. The zero-order valence-corrected chi connectivity index (χ0v) is 13.8. The van der Waals surface area contributed by atoms with Gasteiger partial charge in [-0.25, -0.2) is 12.8 Å². The molecule has 1 aliphatic heterocycles. The molecule has 1 aromatic rings. The first-order valence-electron chi connectivity index (χ1n) is 7.01. The number of rotatable bonds is 3. The van der Waals surface area contributed by atoms with E-state index in [1.54, 1.807) is 6.92 Å². The van der Waals surface area contributed by atoms with Gasteiger partial charge in [-0.15, -0.1) is 0 Å². The average molecular weight is 343 g/mol. The van der Waals surface area contributed by atoms with E-state index in [9.17, 15) is 22.9 Å². The largest absolute Gasteiger partial charge is 0.362 e. The van der Waals surface area contributed by atoms with E-state index in [1.807, 2.05) is 0 Å². The number of sulfone groups is 1. The number of nitrogens with one attached hydrogen (secondary N) is 2. The van der Waals surface area contributed by atoms with E-state index >= 15 is 0 Å². The van der Waals surface area contributed by atoms with Gasteiger partial charge in [-0.3, -0.25) is 15.5 Å². The molecule has 0 radical (unpaired) electrons. The van der Waals surface area contributed by atoms with Gasteiger partial charge >= 0.3 is 0 Å². The fraction of sp³-hybridized carbons (Fsp3) is 0.500. The predicted molar refractivity (Wildman–Crippen MR) is 83.8 cm³/mol. The average Bonchev–Trinajstić information content (AvgIpc) is 2.44. The molecular formula is C14H18FN3O4S. The molecule has 0 bridgehead atoms. The van der Waals surface area contributed by atoms with E-state index < -0.39 is 36.6 Å². The third kappa shape index (κ3) is 2.58. The molecule has 1 aromatic carbocycles. The molecule has 23 heavy (non-hydrogen) atoms. The minimum Gasteiger partial charge on any atom is -0.362 e. The van der Waals surface area contributed by atoms with Crippen LogP contribution in [-0.2, 0) is 15.4 Å². The van der Waals surface area contributed by atoms with Gasteiger partial charge in [0.25, 0.3) is 5.69 Å². The van der Waals surface area contributed by atoms with Crippen molar-refractivity contribution in [3.8, 4) is 0 Å². The Bertz CT molecular complexity index is 795. The summed E-state index contributed by atoms with van der Waals surface area (Å²) in [5, 5.41) is 21.7. The van der Waals surface area contributed by atoms with Gasteiger partial charge in [0.2, 0.25) is 0 Å². The first kappa shape index (κ1) is 17.3. The number of amidine groups is 1. The first-order valence-corrected chi connectivity index (χ1v) is 8.66. The Hall–Kier alpha value is -2.03. The van der Waals surface area contributed by atoms with Gasteiger partial charge in [-0.1, -0.05) is 6.92 Å². The molecule has 2 N–H and O–H groups in total. The summed E-state index contributed by atoms with van der Waals surface area (Å²) in [7, 11) is -3.75. The molecule has 0 amide bonds. The molecule has 0 aliphatic carbocycles. The SMILES string of the molecule is CC[C@]1(C)C(=N)N[C@](C)(c2cc([N+](=O)[O-])ccc2F)CS1(=O)=O. The van der Waals surface area contributed by atoms with Crippen molar-refractivity contribution in [2.75, 3.05) is 5.75 Å². The molecule has 1 saturated heterocycles. The number of halogens is 1. The fourth-order valence-corrected chi connectivity index (χ4v) is 4.84. The zero-order chi connectivity index (χ0) is 17.6. The van der Waals surface area contributed by atoms with Crippen LogP contribution in [0.1, 0.15) is 32.8 Å². The quantitative estimate of drug-likeness (QED) is 0.644. The third-order valence-corrected chi connectivity index (χ3v) is 7.35. The summed E-state index contributed by atoms with van der Waals surface area (Å²) in [6, 6.07) is 2.96. The van der Waals surface area contributed by atoms with Crippen molar-refractivity contribution in [2.45, 2.75) is 37.5 Å². The lowest BCUT2D eigenvalue weighted by atomic mass is 9.91. The lowest BCUT2D eigenvalue weighted by Crippen LogP contribution is -2.64. The first-order chi connectivity index (χ1) is 10.5. The highest BCUT2D eigenvalue weighted by Crippen LogP contribution is 2.37. The van der Waals surface area contributed by atoms with Gasteiger partial charge < -0.3 is 5.32 Å². The highest BCUT2D eigenvalue weighted by atomic mass is 32.2. The number of hydrogen-bond acceptors (Lipinski definition) is 5. The minimum absolute atomic E-state index is 0.141. The molecule has 1 fully saturated rings. The summed E-state index contributed by atoms with van der Waals surface area (Å²) in [6.07, 6.45) is 0.203. The Morgan fingerprint density at radius 1 is 1.43 bits per heavy atom. The Morgan fingerprint density at radius 2 is 2.04 bits per heavy atom. The van der Waals surface area contributed by atoms with Crippen LogP contribution in [0.15, 0.2) is 18.2 Å². The van der Waals surface area contributed by atoms with Gasteiger partial charge in [-0.2, -0.15) is 0 Å². The van der Waals surface area contributed by atoms with Crippen molar-refractivity contribution in [1.82, 2.24) is 5.32 Å². The van der Waals surface area contributed by atoms with Gasteiger partial charge in [-0.05, 0) is 26.3 Å². The molecule has 0 saturated carbocycles. The maximum atomic E-state index is 14.2. The Morgan fingerprint density at radius 3 is 2.52 bits per heavy atom. The maximum absolute atomic E-state index is 14.2. The fourth-order valence-electron chi connectivity index (χ4n) is 2.73. The Balaban J connectivity index is 2.59. The molecule has 1 aliphatic rings. The van der Waals surface area contributed by atoms with Crippen molar-refractivity contribution < 1.29 is 17.7 Å². The van der Waals surface area contributed by atoms with Crippen LogP contribution >= 0.6 is 0 Å². The summed E-state index contributed by atoms with van der Waals surface area (Å²) in [4.78, 5) is 10.2. The standard InChI is InChI=1S/C14H18FN3O4S/c1-4-14(3)12(16)17-13(2,8-23(14,21)22)10-7-9(18(19)20)5-6-11(10)15/h5-7H,4,8H2,1-3H3,(H2,16,17)/t13-,14+/m0/s1. The van der Waals surface area contributed by atoms with Crippen LogP contribution in [0, 0.1) is 21.3 Å². The van der Waals surface area contributed by atoms with E-state index in [2.05, 4.69) is 5.32 Å². The molecule has 2 rings (SSSR count). The van der Waals surface area contributed by atoms with Crippen molar-refractivity contribution in [3.05, 3.63) is 39.7 Å². The number of benzene rings is 1. The third-order valence-electron chi connectivity index (χ3n) is 4.52. The van der Waals surface area contributed by atoms with Crippen LogP contribution < -0.4 is 5.32 Å². The molecule has 0 aromatic heterocycles. The van der Waals surface area contributed by atoms with Crippen LogP contribution in [0.3, 0.4) is 0 Å². The van der Waals surface area contributed by atoms with Crippen LogP contribution in [0.4, 0.5) is 10.1 Å². The van der Waals surface area contributed by atoms with E-state index in [0.717, 1.165) is 18.2 Å². The highest BCUT2D eigenvalue weighted by Gasteiger charge is 2.53. The number of nitrogens with zero attached hydrogens (tertiary/aromatic N) is 1. The summed E-state index contributed by atoms with van der Waals surface area (Å²) >= 11 is 0. The smallest absolute Gasteiger partial charge is 0.269 e. The second-order valence-corrected chi connectivity index (χ2v) is 8.52. The Labute approximate surface area is 133 Å². The maximum Gasteiger partial charge on any atom is 0.269 e. The molecule has 0 unspecified atom stereocenters. The highest BCUT2D eigenvalue weighted by molar-refractivity contribution is 7.93. The number of nitro benzene ring substituents is 1. The molecule has 7 nitrogen and oxygen atoms in total. The van der Waals surface area contributed by atoms with E-state index in [1.165, 1.54) is 13.8 Å². The number of hydrogen-bond donors (Lipinski definition) is 2. The second kappa shape index (κ2) is 5.26. The minimum atomic E-state index is -3.75. The molecular weight excluding hydrogens is 325 g/mol. The van der Waals surface area contributed by atoms with Gasteiger partial charge in [0.15, 0.2) is 9.84 Å². The van der Waals surface area contributed by atoms with Gasteiger partial charge in [0.05, 0.1) is 16.2 Å². The zero-order valence-electron chi connectivity index (χ0n) is 13.0. The summed E-state index contributed by atoms with van der Waals surface area (Å²) < 4.78 is 38.1. The van der Waals surface area contributed by atoms with Crippen LogP contribution in [0.2, 0.25) is 0 Å². The summed E-state index contributed by atoms with van der Waals surface area (Å²) in [6.45, 7) is 4.53. The van der Waals surface area contributed by atoms with Crippen molar-refractivity contribution in [1.29, 1.82) is 5.41 Å². The van der Waals surface area contributed by atoms with E-state index in [-0.39, 0.29) is 23.5 Å². The number of non-ortho nitro benzene ring substituents is 1. The molecule has 9 heteroatoms. The van der Waals surface area contributed by atoms with Crippen molar-refractivity contribution in [2.24, 2.45) is 0 Å². The second-order valence-electron chi connectivity index (χ2n) is 6.10. The van der Waals surface area contributed by atoms with E-state index in [0.29, 0.717) is 0 Å². The van der Waals surface area contributed by atoms with Crippen LogP contribution in [0.5, 0.6) is 0 Å². The summed E-state index contributed by atoms with van der Waals surface area (Å²) in [5.74, 6) is -1.45. The van der Waals surface area contributed by atoms with Gasteiger partial charge in [0.1, 0.15) is 16.4 Å². The normalized spacial score (nSPS) is 29.8. The molecule has 126 valence electrons. The molecule has 1 heterocycles. The summed E-state index contributed by atoms with van der Waals surface area (Å²) in [5.41, 5.74) is -1.92. The van der Waals surface area contributed by atoms with Crippen LogP contribution in [-0.4, -0.2) is 29.7 Å². The predicted octanol–water partition coefficient (Wildman–Crippen LogP) is 2.11. The lowest BCUT2D eigenvalue weighted by molar-refractivity contribution is -0.385. The van der Waals surface area contributed by atoms with Crippen molar-refractivity contribution in [3.63, 3.8) is 0 Å². The van der Waals surface area contributed by atoms with Crippen molar-refractivity contribution >= 4 is 21.4 Å². The number of nitro groups is 1.